The van der Waals surface area contributed by atoms with Gasteiger partial charge in [-0.1, -0.05) is 266 Å². The summed E-state index contributed by atoms with van der Waals surface area (Å²) in [6.45, 7) is 18.5. The highest BCUT2D eigenvalue weighted by molar-refractivity contribution is 5.79. The van der Waals surface area contributed by atoms with Crippen LogP contribution in [-0.2, 0) is 113 Å². The minimum Gasteiger partial charge on any atom is -0.453 e. The summed E-state index contributed by atoms with van der Waals surface area (Å²) in [7, 11) is 0. The molecule has 4 saturated carbocycles. The lowest BCUT2D eigenvalue weighted by molar-refractivity contribution is -0.358. The number of rotatable bonds is 28. The van der Waals surface area contributed by atoms with E-state index in [1.54, 1.807) is 0 Å². The third-order valence-electron chi connectivity index (χ3n) is 25.9. The molecule has 1 N–H and O–H groups in total. The van der Waals surface area contributed by atoms with Crippen LogP contribution in [0.2, 0.25) is 0 Å². The minimum absolute atomic E-state index is 0.0255. The maximum atomic E-state index is 16.1. The van der Waals surface area contributed by atoms with Crippen molar-refractivity contribution in [2.45, 2.75) is 220 Å². The van der Waals surface area contributed by atoms with Gasteiger partial charge in [-0.2, -0.15) is 0 Å². The molecule has 5 aliphatic carbocycles. The van der Waals surface area contributed by atoms with Gasteiger partial charge in [-0.15, -0.1) is 0 Å². The highest BCUT2D eigenvalue weighted by Gasteiger charge is 2.72. The molecule has 0 spiro atoms. The number of ether oxygens (including phenoxy) is 12. The molecule has 7 aromatic carbocycles. The molecule has 0 amide bonds. The monoisotopic (exact) mass is 1450 g/mol. The quantitative estimate of drug-likeness (QED) is 0.0279. The van der Waals surface area contributed by atoms with E-state index in [4.69, 9.17) is 56.8 Å². The molecule has 107 heavy (non-hydrogen) atoms. The Bertz CT molecular complexity index is 4020. The Morgan fingerprint density at radius 1 is 0.477 bits per heavy atom. The lowest BCUT2D eigenvalue weighted by atomic mass is 9.33. The molecule has 19 atom stereocenters. The third-order valence-corrected chi connectivity index (χ3v) is 25.9. The Morgan fingerprint density at radius 3 is 1.47 bits per heavy atom. The number of hydrogen-bond donors (Lipinski definition) is 1. The van der Waals surface area contributed by atoms with Crippen LogP contribution in [0.3, 0.4) is 0 Å². The predicted octanol–water partition coefficient (Wildman–Crippen LogP) is 17.0. The smallest absolute Gasteiger partial charge is 0.315 e. The van der Waals surface area contributed by atoms with Crippen molar-refractivity contribution in [2.24, 2.45) is 50.2 Å². The first-order chi connectivity index (χ1) is 51.8. The van der Waals surface area contributed by atoms with Crippen molar-refractivity contribution in [2.75, 3.05) is 19.8 Å². The number of carbonyl (C=O) groups excluding carboxylic acids is 2. The van der Waals surface area contributed by atoms with Gasteiger partial charge in [-0.25, -0.2) is 0 Å². The third kappa shape index (κ3) is 16.6. The molecule has 2 heterocycles. The van der Waals surface area contributed by atoms with Gasteiger partial charge in [0.15, 0.2) is 12.4 Å². The second-order valence-electron chi connectivity index (χ2n) is 33.3. The maximum Gasteiger partial charge on any atom is 0.315 e. The van der Waals surface area contributed by atoms with E-state index < -0.39 is 84.3 Å². The molecule has 6 fully saturated rings. The van der Waals surface area contributed by atoms with E-state index in [9.17, 15) is 9.90 Å². The molecular formula is C92H110O15. The topological polar surface area (TPSA) is 165 Å². The van der Waals surface area contributed by atoms with Crippen LogP contribution in [0.1, 0.15) is 145 Å². The molecule has 7 aromatic rings. The zero-order valence-electron chi connectivity index (χ0n) is 63.5. The number of fused-ring (bicyclic) bond motifs is 7. The first-order valence-corrected chi connectivity index (χ1v) is 39.1. The highest BCUT2D eigenvalue weighted by Crippen LogP contribution is 2.76. The van der Waals surface area contributed by atoms with E-state index >= 15 is 4.79 Å². The molecule has 14 rings (SSSR count). The van der Waals surface area contributed by atoms with Gasteiger partial charge in [-0.05, 0) is 136 Å². The van der Waals surface area contributed by atoms with Crippen LogP contribution in [0.25, 0.3) is 0 Å². The molecule has 2 aliphatic heterocycles. The number of carbonyl (C=O) groups is 2. The SMILES string of the molecule is CC(=O)O[C@H]1[C@H](OC(=O)[C@]23CCC(C)(C)C[C@H]2C2=CC[C@@H]4[C@@]5(C)C[C@H](OCc6ccccc6)[C@H](O[C@@H]6O[C@H](COCc7ccccc7)[C@@H](OCc7ccccc7)[C@H](OCc7ccccc7)[C@H]6O)[C@@](C)(COCc6ccccc6)[C@@H]5CC[C@@]4(C)[C@]2(C)CC3)OC[C@H](OCc2ccccc2)[C@@H]1OCc1ccccc1. The van der Waals surface area contributed by atoms with Crippen LogP contribution in [0.4, 0.5) is 0 Å². The van der Waals surface area contributed by atoms with Crippen molar-refractivity contribution >= 4 is 11.9 Å². The van der Waals surface area contributed by atoms with E-state index in [0.717, 1.165) is 77.5 Å². The van der Waals surface area contributed by atoms with Gasteiger partial charge in [0.05, 0.1) is 83.7 Å². The maximum absolute atomic E-state index is 16.1. The zero-order chi connectivity index (χ0) is 74.2. The van der Waals surface area contributed by atoms with Crippen molar-refractivity contribution in [3.63, 3.8) is 0 Å². The van der Waals surface area contributed by atoms with Crippen molar-refractivity contribution in [1.29, 1.82) is 0 Å². The Labute approximate surface area is 633 Å². The molecule has 0 aromatic heterocycles. The lowest BCUT2D eigenvalue weighted by Crippen LogP contribution is -2.70. The fourth-order valence-electron chi connectivity index (χ4n) is 20.2. The van der Waals surface area contributed by atoms with Gasteiger partial charge in [0.25, 0.3) is 0 Å². The van der Waals surface area contributed by atoms with Crippen LogP contribution in [0.5, 0.6) is 0 Å². The molecule has 0 radical (unpaired) electrons. The van der Waals surface area contributed by atoms with Crippen LogP contribution >= 0.6 is 0 Å². The first kappa shape index (κ1) is 76.5. The molecule has 15 heteroatoms. The van der Waals surface area contributed by atoms with Gasteiger partial charge in [0.2, 0.25) is 6.29 Å². The largest absolute Gasteiger partial charge is 0.453 e. The second-order valence-corrected chi connectivity index (χ2v) is 33.3. The molecule has 0 bridgehead atoms. The van der Waals surface area contributed by atoms with E-state index in [-0.39, 0.29) is 85.0 Å². The van der Waals surface area contributed by atoms with Gasteiger partial charge in [0, 0.05) is 12.3 Å². The van der Waals surface area contributed by atoms with Crippen molar-refractivity contribution in [1.82, 2.24) is 0 Å². The molecule has 7 aliphatic rings. The van der Waals surface area contributed by atoms with Gasteiger partial charge in [0.1, 0.15) is 36.6 Å². The Morgan fingerprint density at radius 2 is 0.944 bits per heavy atom. The number of aliphatic hydroxyl groups excluding tert-OH is 1. The average Bonchev–Trinajstić information content (AvgIpc) is 0.672. The number of hydrogen-bond acceptors (Lipinski definition) is 15. The van der Waals surface area contributed by atoms with Crippen molar-refractivity contribution in [3.8, 4) is 0 Å². The summed E-state index contributed by atoms with van der Waals surface area (Å²) in [6.07, 6.45) is -0.569. The summed E-state index contributed by atoms with van der Waals surface area (Å²) in [6, 6.07) is 70.6. The predicted molar refractivity (Wildman–Crippen MR) is 407 cm³/mol. The minimum atomic E-state index is -1.32. The van der Waals surface area contributed by atoms with E-state index in [2.05, 4.69) is 96.1 Å². The van der Waals surface area contributed by atoms with E-state index in [1.807, 2.05) is 164 Å². The average molecular weight is 1460 g/mol. The normalized spacial score (nSPS) is 33.6. The highest BCUT2D eigenvalue weighted by atomic mass is 16.7. The number of benzene rings is 7. The number of aliphatic hydroxyl groups is 1. The van der Waals surface area contributed by atoms with Gasteiger partial charge in [-0.3, -0.25) is 9.59 Å². The zero-order valence-corrected chi connectivity index (χ0v) is 63.5. The number of allylic oxidation sites excluding steroid dienone is 2. The summed E-state index contributed by atoms with van der Waals surface area (Å²) in [5.74, 6) is -0.816. The fraction of sp³-hybridized carbons (Fsp3) is 0.500. The fourth-order valence-corrected chi connectivity index (χ4v) is 20.2. The second kappa shape index (κ2) is 33.5. The van der Waals surface area contributed by atoms with E-state index in [1.165, 1.54) is 12.5 Å². The molecular weight excluding hydrogens is 1340 g/mol. The van der Waals surface area contributed by atoms with Crippen LogP contribution in [0, 0.1) is 50.2 Å². The Hall–Kier alpha value is -7.22. The van der Waals surface area contributed by atoms with Crippen molar-refractivity contribution < 1.29 is 71.5 Å². The van der Waals surface area contributed by atoms with Gasteiger partial charge < -0.3 is 61.9 Å². The number of esters is 2. The van der Waals surface area contributed by atoms with Crippen molar-refractivity contribution in [3.05, 3.63) is 263 Å². The van der Waals surface area contributed by atoms with Gasteiger partial charge >= 0.3 is 11.9 Å². The molecule has 15 nitrogen and oxygen atoms in total. The van der Waals surface area contributed by atoms with E-state index in [0.29, 0.717) is 45.7 Å². The lowest BCUT2D eigenvalue weighted by Gasteiger charge is -2.72. The molecule has 0 unspecified atom stereocenters. The summed E-state index contributed by atoms with van der Waals surface area (Å²) in [4.78, 5) is 29.4. The van der Waals surface area contributed by atoms with Crippen LogP contribution in [0.15, 0.2) is 224 Å². The summed E-state index contributed by atoms with van der Waals surface area (Å²) >= 11 is 0. The Balaban J connectivity index is 0.795. The first-order valence-electron chi connectivity index (χ1n) is 39.1. The molecule has 2 saturated heterocycles. The van der Waals surface area contributed by atoms with Crippen LogP contribution < -0.4 is 0 Å². The van der Waals surface area contributed by atoms with Crippen LogP contribution in [-0.4, -0.2) is 104 Å². The molecule has 568 valence electrons. The summed E-state index contributed by atoms with van der Waals surface area (Å²) in [5, 5.41) is 13.3. The Kier molecular flexibility index (Phi) is 24.0. The summed E-state index contributed by atoms with van der Waals surface area (Å²) < 4.78 is 83.2. The standard InChI is InChI=1S/C92H110O15/c1-63(93)104-82-79(100-57-68-37-23-12-24-38-68)74(99-56-67-35-21-11-22-36-67)61-103-85(82)107-86(95)92-49-47-87(2,3)51-72(92)71-43-44-77-88(4)52-73(98-55-66-33-19-10-20-34-66)83(89(5,62-97-54-65-31-17-9-18-32-65)76(88)45-46-91(77,7)90(71,6)48-50-92)106-84-78(94)81(102-59-70-41-27-14-28-42-70)80(101-58-69-39-25-13-26-40-69)75(105-84)60-96-53-64-29-15-8-16-30-64/h8-43,72-85,94H,44-62H2,1-7H3/t72-,73-,74-,75+,76+,77+,78+,79-,80+,81+,82+,83-,84-,85-,88-,89-,90+,91+,92-/m0/s1. The summed E-state index contributed by atoms with van der Waals surface area (Å²) in [5.41, 5.74) is 5.66.